The SMILES string of the molecule is Nc1ccc(Cl)c(C(=O)Cc2ccc(I)cc2)c1. The summed E-state index contributed by atoms with van der Waals surface area (Å²) < 4.78 is 1.14. The van der Waals surface area contributed by atoms with Crippen LogP contribution in [0.25, 0.3) is 0 Å². The van der Waals surface area contributed by atoms with Crippen LogP contribution in [0.3, 0.4) is 0 Å². The average molecular weight is 372 g/mol. The predicted octanol–water partition coefficient (Wildman–Crippen LogP) is 3.95. The zero-order chi connectivity index (χ0) is 13.1. The molecule has 0 amide bonds. The van der Waals surface area contributed by atoms with E-state index in [1.54, 1.807) is 18.2 Å². The molecule has 0 unspecified atom stereocenters. The first kappa shape index (κ1) is 13.4. The van der Waals surface area contributed by atoms with Crippen molar-refractivity contribution >= 4 is 45.7 Å². The van der Waals surface area contributed by atoms with Gasteiger partial charge in [-0.25, -0.2) is 0 Å². The van der Waals surface area contributed by atoms with Crippen molar-refractivity contribution in [3.05, 3.63) is 62.2 Å². The number of carbonyl (C=O) groups is 1. The van der Waals surface area contributed by atoms with E-state index in [0.29, 0.717) is 22.7 Å². The van der Waals surface area contributed by atoms with Gasteiger partial charge in [0.25, 0.3) is 0 Å². The highest BCUT2D eigenvalue weighted by Gasteiger charge is 2.11. The molecule has 0 atom stereocenters. The molecular weight excluding hydrogens is 361 g/mol. The van der Waals surface area contributed by atoms with Crippen molar-refractivity contribution in [1.82, 2.24) is 0 Å². The first-order valence-electron chi connectivity index (χ1n) is 5.39. The molecule has 0 fully saturated rings. The van der Waals surface area contributed by atoms with Crippen LogP contribution in [-0.2, 0) is 6.42 Å². The third-order valence-corrected chi connectivity index (χ3v) is 3.62. The Morgan fingerprint density at radius 1 is 1.17 bits per heavy atom. The van der Waals surface area contributed by atoms with Crippen LogP contribution in [0, 0.1) is 3.57 Å². The Kier molecular flexibility index (Phi) is 4.24. The highest BCUT2D eigenvalue weighted by molar-refractivity contribution is 14.1. The van der Waals surface area contributed by atoms with Gasteiger partial charge in [-0.1, -0.05) is 23.7 Å². The second-order valence-corrected chi connectivity index (χ2v) is 5.62. The Labute approximate surface area is 124 Å². The fourth-order valence-electron chi connectivity index (χ4n) is 1.64. The lowest BCUT2D eigenvalue weighted by molar-refractivity contribution is 0.0993. The smallest absolute Gasteiger partial charge is 0.168 e. The summed E-state index contributed by atoms with van der Waals surface area (Å²) >= 11 is 8.23. The standard InChI is InChI=1S/C14H11ClINO/c15-13-6-5-11(17)8-12(13)14(18)7-9-1-3-10(16)4-2-9/h1-6,8H,7,17H2. The number of nitrogen functional groups attached to an aromatic ring is 1. The first-order chi connectivity index (χ1) is 8.56. The van der Waals surface area contributed by atoms with E-state index < -0.39 is 0 Å². The maximum Gasteiger partial charge on any atom is 0.168 e. The van der Waals surface area contributed by atoms with Crippen LogP contribution in [0.15, 0.2) is 42.5 Å². The summed E-state index contributed by atoms with van der Waals surface area (Å²) in [5, 5.41) is 0.444. The van der Waals surface area contributed by atoms with Gasteiger partial charge in [0.1, 0.15) is 0 Å². The minimum absolute atomic E-state index is 0.0199. The maximum absolute atomic E-state index is 12.1. The number of halogens is 2. The van der Waals surface area contributed by atoms with Gasteiger partial charge >= 0.3 is 0 Å². The highest BCUT2D eigenvalue weighted by Crippen LogP contribution is 2.21. The molecule has 0 heterocycles. The van der Waals surface area contributed by atoms with E-state index in [0.717, 1.165) is 9.13 Å². The number of carbonyl (C=O) groups excluding carboxylic acids is 1. The van der Waals surface area contributed by atoms with E-state index in [1.165, 1.54) is 0 Å². The van der Waals surface area contributed by atoms with Crippen LogP contribution in [0.5, 0.6) is 0 Å². The number of nitrogens with two attached hydrogens (primary N) is 1. The van der Waals surface area contributed by atoms with Gasteiger partial charge in [-0.2, -0.15) is 0 Å². The van der Waals surface area contributed by atoms with E-state index >= 15 is 0 Å². The zero-order valence-electron chi connectivity index (χ0n) is 9.49. The first-order valence-corrected chi connectivity index (χ1v) is 6.84. The van der Waals surface area contributed by atoms with E-state index in [2.05, 4.69) is 22.6 Å². The molecule has 2 rings (SSSR count). The fourth-order valence-corrected chi connectivity index (χ4v) is 2.22. The van der Waals surface area contributed by atoms with Crippen LogP contribution in [0.4, 0.5) is 5.69 Å². The highest BCUT2D eigenvalue weighted by atomic mass is 127. The molecule has 0 saturated carbocycles. The summed E-state index contributed by atoms with van der Waals surface area (Å²) in [6, 6.07) is 12.8. The van der Waals surface area contributed by atoms with E-state index in [1.807, 2.05) is 24.3 Å². The summed E-state index contributed by atoms with van der Waals surface area (Å²) in [4.78, 5) is 12.1. The molecule has 2 N–H and O–H groups in total. The normalized spacial score (nSPS) is 10.3. The summed E-state index contributed by atoms with van der Waals surface area (Å²) in [6.07, 6.45) is 0.333. The molecule has 0 aliphatic heterocycles. The van der Waals surface area contributed by atoms with Crippen LogP contribution in [0.2, 0.25) is 5.02 Å². The molecule has 0 aromatic heterocycles. The molecule has 2 nitrogen and oxygen atoms in total. The molecule has 0 aliphatic rings. The van der Waals surface area contributed by atoms with Crippen molar-refractivity contribution in [1.29, 1.82) is 0 Å². The van der Waals surface area contributed by atoms with E-state index in [9.17, 15) is 4.79 Å². The lowest BCUT2D eigenvalue weighted by atomic mass is 10.0. The van der Waals surface area contributed by atoms with Gasteiger partial charge in [0.15, 0.2) is 5.78 Å². The minimum atomic E-state index is -0.0199. The maximum atomic E-state index is 12.1. The molecule has 2 aromatic carbocycles. The third-order valence-electron chi connectivity index (χ3n) is 2.57. The van der Waals surface area contributed by atoms with Crippen molar-refractivity contribution in [2.24, 2.45) is 0 Å². The lowest BCUT2D eigenvalue weighted by Crippen LogP contribution is -2.05. The number of anilines is 1. The Morgan fingerprint density at radius 2 is 1.83 bits per heavy atom. The van der Waals surface area contributed by atoms with Gasteiger partial charge in [0, 0.05) is 21.2 Å². The van der Waals surface area contributed by atoms with Gasteiger partial charge < -0.3 is 5.73 Å². The van der Waals surface area contributed by atoms with Gasteiger partial charge in [-0.3, -0.25) is 4.79 Å². The Hall–Kier alpha value is -1.07. The van der Waals surface area contributed by atoms with Crippen molar-refractivity contribution < 1.29 is 4.79 Å². The Morgan fingerprint density at radius 3 is 2.50 bits per heavy atom. The van der Waals surface area contributed by atoms with E-state index in [4.69, 9.17) is 17.3 Å². The quantitative estimate of drug-likeness (QED) is 0.504. The Balaban J connectivity index is 2.21. The molecule has 4 heteroatoms. The average Bonchev–Trinajstić information content (AvgIpc) is 2.35. The molecule has 0 saturated heterocycles. The topological polar surface area (TPSA) is 43.1 Å². The van der Waals surface area contributed by atoms with Gasteiger partial charge in [0.05, 0.1) is 5.02 Å². The lowest BCUT2D eigenvalue weighted by Gasteiger charge is -2.05. The molecule has 2 aromatic rings. The molecule has 92 valence electrons. The fraction of sp³-hybridized carbons (Fsp3) is 0.0714. The molecular formula is C14H11ClINO. The predicted molar refractivity (Wildman–Crippen MR) is 83.1 cm³/mol. The summed E-state index contributed by atoms with van der Waals surface area (Å²) in [6.45, 7) is 0. The number of hydrogen-bond acceptors (Lipinski definition) is 2. The Bertz CT molecular complexity index is 581. The largest absolute Gasteiger partial charge is 0.399 e. The molecule has 18 heavy (non-hydrogen) atoms. The molecule has 0 spiro atoms. The third kappa shape index (κ3) is 3.23. The number of hydrogen-bond donors (Lipinski definition) is 1. The van der Waals surface area contributed by atoms with Crippen LogP contribution in [0.1, 0.15) is 15.9 Å². The van der Waals surface area contributed by atoms with E-state index in [-0.39, 0.29) is 5.78 Å². The second-order valence-electron chi connectivity index (χ2n) is 3.97. The van der Waals surface area contributed by atoms with Gasteiger partial charge in [-0.15, -0.1) is 0 Å². The molecule has 0 aliphatic carbocycles. The monoisotopic (exact) mass is 371 g/mol. The van der Waals surface area contributed by atoms with Gasteiger partial charge in [-0.05, 0) is 58.5 Å². The zero-order valence-corrected chi connectivity index (χ0v) is 12.4. The summed E-state index contributed by atoms with van der Waals surface area (Å²) in [5.74, 6) is -0.0199. The second kappa shape index (κ2) is 5.71. The summed E-state index contributed by atoms with van der Waals surface area (Å²) in [5.41, 5.74) is 7.67. The summed E-state index contributed by atoms with van der Waals surface area (Å²) in [7, 11) is 0. The van der Waals surface area contributed by atoms with Crippen molar-refractivity contribution in [2.75, 3.05) is 5.73 Å². The van der Waals surface area contributed by atoms with Crippen molar-refractivity contribution in [3.63, 3.8) is 0 Å². The van der Waals surface area contributed by atoms with Crippen molar-refractivity contribution in [3.8, 4) is 0 Å². The number of benzene rings is 2. The number of rotatable bonds is 3. The minimum Gasteiger partial charge on any atom is -0.399 e. The molecule has 0 bridgehead atoms. The number of ketones is 1. The molecule has 0 radical (unpaired) electrons. The van der Waals surface area contributed by atoms with Crippen molar-refractivity contribution in [2.45, 2.75) is 6.42 Å². The van der Waals surface area contributed by atoms with Crippen LogP contribution < -0.4 is 5.73 Å². The van der Waals surface area contributed by atoms with Crippen LogP contribution >= 0.6 is 34.2 Å². The van der Waals surface area contributed by atoms with Gasteiger partial charge in [0.2, 0.25) is 0 Å². The number of Topliss-reactive ketones (excluding diaryl/α,β-unsaturated/α-hetero) is 1. The van der Waals surface area contributed by atoms with Crippen LogP contribution in [-0.4, -0.2) is 5.78 Å².